The van der Waals surface area contributed by atoms with Gasteiger partial charge < -0.3 is 9.64 Å². The lowest BCUT2D eigenvalue weighted by Gasteiger charge is -2.31. The van der Waals surface area contributed by atoms with Crippen molar-refractivity contribution in [1.82, 2.24) is 4.98 Å². The number of aryl methyl sites for hydroxylation is 1. The fourth-order valence-electron chi connectivity index (χ4n) is 1.79. The van der Waals surface area contributed by atoms with Gasteiger partial charge in [0, 0.05) is 12.2 Å². The second kappa shape index (κ2) is 4.82. The lowest BCUT2D eigenvalue weighted by molar-refractivity contribution is 0.0761. The molecule has 1 aliphatic heterocycles. The lowest BCUT2D eigenvalue weighted by atomic mass is 10.2. The zero-order valence-corrected chi connectivity index (χ0v) is 9.55. The maximum absolute atomic E-state index is 9.05. The highest BCUT2D eigenvalue weighted by atomic mass is 16.5. The molecule has 1 aromatic heterocycles. The predicted octanol–water partition coefficient (Wildman–Crippen LogP) is 0.990. The van der Waals surface area contributed by atoms with Gasteiger partial charge in [0.2, 0.25) is 0 Å². The molecule has 17 heavy (non-hydrogen) atoms. The Labute approximate surface area is 99.9 Å². The van der Waals surface area contributed by atoms with E-state index in [9.17, 15) is 0 Å². The lowest BCUT2D eigenvalue weighted by Crippen LogP contribution is -2.42. The van der Waals surface area contributed by atoms with Crippen LogP contribution in [0.2, 0.25) is 0 Å². The summed E-state index contributed by atoms with van der Waals surface area (Å²) in [4.78, 5) is 6.31. The molecule has 5 nitrogen and oxygen atoms in total. The predicted molar refractivity (Wildman–Crippen MR) is 61.3 cm³/mol. The highest BCUT2D eigenvalue weighted by Gasteiger charge is 2.23. The topological polar surface area (TPSA) is 72.9 Å². The molecule has 0 radical (unpaired) electrons. The molecule has 1 fully saturated rings. The Morgan fingerprint density at radius 3 is 3.00 bits per heavy atom. The Morgan fingerprint density at radius 1 is 1.47 bits per heavy atom. The molecular formula is C12H12N4O. The number of nitriles is 2. The smallest absolute Gasteiger partial charge is 0.161 e. The van der Waals surface area contributed by atoms with Gasteiger partial charge in [0.15, 0.2) is 6.10 Å². The van der Waals surface area contributed by atoms with Crippen molar-refractivity contribution in [2.24, 2.45) is 0 Å². The summed E-state index contributed by atoms with van der Waals surface area (Å²) in [5, 5.41) is 17.9. The number of hydrogen-bond donors (Lipinski definition) is 0. The number of ether oxygens (including phenoxy) is 1. The molecule has 86 valence electrons. The quantitative estimate of drug-likeness (QED) is 0.716. The minimum atomic E-state index is -0.447. The summed E-state index contributed by atoms with van der Waals surface area (Å²) in [7, 11) is 0. The van der Waals surface area contributed by atoms with E-state index < -0.39 is 6.10 Å². The van der Waals surface area contributed by atoms with E-state index in [4.69, 9.17) is 15.3 Å². The standard InChI is InChI=1S/C12H12N4O/c1-9-2-3-10(6-13)12(15-9)16-4-5-17-11(7-14)8-16/h2-3,11H,4-5,8H2,1H3. The highest BCUT2D eigenvalue weighted by molar-refractivity contribution is 5.54. The molecule has 1 aromatic rings. The van der Waals surface area contributed by atoms with Crippen LogP contribution in [0, 0.1) is 29.6 Å². The van der Waals surface area contributed by atoms with E-state index in [1.54, 1.807) is 6.07 Å². The average molecular weight is 228 g/mol. The van der Waals surface area contributed by atoms with Gasteiger partial charge in [-0.1, -0.05) is 0 Å². The summed E-state index contributed by atoms with van der Waals surface area (Å²) in [6.07, 6.45) is -0.447. The molecular weight excluding hydrogens is 216 g/mol. The van der Waals surface area contributed by atoms with Crippen LogP contribution in [0.1, 0.15) is 11.3 Å². The number of hydrogen-bond acceptors (Lipinski definition) is 5. The Morgan fingerprint density at radius 2 is 2.29 bits per heavy atom. The molecule has 0 aliphatic carbocycles. The Balaban J connectivity index is 2.30. The van der Waals surface area contributed by atoms with Crippen molar-refractivity contribution >= 4 is 5.82 Å². The molecule has 0 bridgehead atoms. The summed E-state index contributed by atoms with van der Waals surface area (Å²) in [5.74, 6) is 0.649. The van der Waals surface area contributed by atoms with Gasteiger partial charge in [-0.25, -0.2) is 4.98 Å². The van der Waals surface area contributed by atoms with Gasteiger partial charge in [-0.3, -0.25) is 0 Å². The number of aromatic nitrogens is 1. The monoisotopic (exact) mass is 228 g/mol. The normalized spacial score (nSPS) is 19.5. The van der Waals surface area contributed by atoms with Gasteiger partial charge in [0.05, 0.1) is 24.8 Å². The van der Waals surface area contributed by atoms with E-state index in [1.165, 1.54) is 0 Å². The first-order valence-corrected chi connectivity index (χ1v) is 5.38. The van der Waals surface area contributed by atoms with Crippen LogP contribution in [-0.4, -0.2) is 30.8 Å². The van der Waals surface area contributed by atoms with Gasteiger partial charge in [-0.15, -0.1) is 0 Å². The van der Waals surface area contributed by atoms with Gasteiger partial charge in [-0.05, 0) is 19.1 Å². The van der Waals surface area contributed by atoms with Crippen LogP contribution in [0.25, 0.3) is 0 Å². The summed E-state index contributed by atoms with van der Waals surface area (Å²) < 4.78 is 5.27. The van der Waals surface area contributed by atoms with Gasteiger partial charge in [0.1, 0.15) is 11.9 Å². The van der Waals surface area contributed by atoms with Crippen molar-refractivity contribution in [3.63, 3.8) is 0 Å². The van der Waals surface area contributed by atoms with E-state index in [2.05, 4.69) is 17.1 Å². The minimum Gasteiger partial charge on any atom is -0.360 e. The second-order valence-corrected chi connectivity index (χ2v) is 3.87. The minimum absolute atomic E-state index is 0.447. The number of rotatable bonds is 1. The van der Waals surface area contributed by atoms with Gasteiger partial charge in [-0.2, -0.15) is 10.5 Å². The highest BCUT2D eigenvalue weighted by Crippen LogP contribution is 2.20. The van der Waals surface area contributed by atoms with Crippen LogP contribution < -0.4 is 4.90 Å². The fraction of sp³-hybridized carbons (Fsp3) is 0.417. The Hall–Kier alpha value is -2.11. The molecule has 1 unspecified atom stereocenters. The van der Waals surface area contributed by atoms with Crippen molar-refractivity contribution in [2.45, 2.75) is 13.0 Å². The molecule has 0 N–H and O–H groups in total. The molecule has 2 heterocycles. The summed E-state index contributed by atoms with van der Waals surface area (Å²) in [6, 6.07) is 7.77. The average Bonchev–Trinajstić information content (AvgIpc) is 2.39. The molecule has 1 aliphatic rings. The number of anilines is 1. The maximum Gasteiger partial charge on any atom is 0.161 e. The van der Waals surface area contributed by atoms with Gasteiger partial charge in [0.25, 0.3) is 0 Å². The van der Waals surface area contributed by atoms with Crippen molar-refractivity contribution in [1.29, 1.82) is 10.5 Å². The van der Waals surface area contributed by atoms with E-state index in [-0.39, 0.29) is 0 Å². The molecule has 2 rings (SSSR count). The van der Waals surface area contributed by atoms with Crippen LogP contribution in [0.15, 0.2) is 12.1 Å². The van der Waals surface area contributed by atoms with Crippen molar-refractivity contribution in [3.05, 3.63) is 23.4 Å². The number of nitrogens with zero attached hydrogens (tertiary/aromatic N) is 4. The molecule has 0 amide bonds. The van der Waals surface area contributed by atoms with Crippen LogP contribution in [-0.2, 0) is 4.74 Å². The van der Waals surface area contributed by atoms with Gasteiger partial charge >= 0.3 is 0 Å². The number of pyridine rings is 1. The Kier molecular flexibility index (Phi) is 3.22. The van der Waals surface area contributed by atoms with Crippen LogP contribution in [0.5, 0.6) is 0 Å². The summed E-state index contributed by atoms with van der Waals surface area (Å²) >= 11 is 0. The molecule has 1 saturated heterocycles. The largest absolute Gasteiger partial charge is 0.360 e. The van der Waals surface area contributed by atoms with Crippen molar-refractivity contribution < 1.29 is 4.74 Å². The van der Waals surface area contributed by atoms with E-state index in [0.29, 0.717) is 31.1 Å². The maximum atomic E-state index is 9.05. The molecule has 0 spiro atoms. The number of morpholine rings is 1. The van der Waals surface area contributed by atoms with Crippen LogP contribution >= 0.6 is 0 Å². The Bertz CT molecular complexity index is 500. The summed E-state index contributed by atoms with van der Waals surface area (Å²) in [5.41, 5.74) is 1.40. The van der Waals surface area contributed by atoms with Crippen LogP contribution in [0.3, 0.4) is 0 Å². The molecule has 0 aromatic carbocycles. The third-order valence-electron chi connectivity index (χ3n) is 2.64. The molecule has 0 saturated carbocycles. The van der Waals surface area contributed by atoms with Crippen LogP contribution in [0.4, 0.5) is 5.82 Å². The van der Waals surface area contributed by atoms with E-state index in [1.807, 2.05) is 17.9 Å². The third kappa shape index (κ3) is 2.35. The summed E-state index contributed by atoms with van der Waals surface area (Å²) in [6.45, 7) is 3.48. The van der Waals surface area contributed by atoms with E-state index >= 15 is 0 Å². The fourth-order valence-corrected chi connectivity index (χ4v) is 1.79. The van der Waals surface area contributed by atoms with Crippen molar-refractivity contribution in [3.8, 4) is 12.1 Å². The first-order valence-electron chi connectivity index (χ1n) is 5.38. The zero-order chi connectivity index (χ0) is 12.3. The molecule has 5 heteroatoms. The van der Waals surface area contributed by atoms with Crippen molar-refractivity contribution in [2.75, 3.05) is 24.6 Å². The third-order valence-corrected chi connectivity index (χ3v) is 2.64. The first-order chi connectivity index (χ1) is 8.24. The second-order valence-electron chi connectivity index (χ2n) is 3.87. The SMILES string of the molecule is Cc1ccc(C#N)c(N2CCOC(C#N)C2)n1. The van der Waals surface area contributed by atoms with E-state index in [0.717, 1.165) is 5.69 Å². The molecule has 1 atom stereocenters. The zero-order valence-electron chi connectivity index (χ0n) is 9.55. The first kappa shape index (κ1) is 11.4.